The number of aliphatic hydroxyl groups excluding tert-OH is 1. The number of hydrogen-bond donors (Lipinski definition) is 1. The van der Waals surface area contributed by atoms with E-state index < -0.39 is 0 Å². The molecule has 0 aromatic carbocycles. The zero-order valence-electron chi connectivity index (χ0n) is 16.9. The van der Waals surface area contributed by atoms with E-state index in [4.69, 9.17) is 9.84 Å². The standard InChI is InChI=1S/C20H25N7O2/c1-14-24-19-17(26(14)9-8-25(2)6-4-10-28)11-15(12-21-19)16-5-7-27-18(16)20(29-3)22-13-23-27/h5,7,11-13,28H,4,6,8-10H2,1-3H3. The molecule has 0 bridgehead atoms. The van der Waals surface area contributed by atoms with E-state index in [0.29, 0.717) is 5.88 Å². The Morgan fingerprint density at radius 2 is 2.10 bits per heavy atom. The maximum atomic E-state index is 9.02. The summed E-state index contributed by atoms with van der Waals surface area (Å²) in [5.74, 6) is 1.46. The molecule has 0 atom stereocenters. The van der Waals surface area contributed by atoms with E-state index in [9.17, 15) is 0 Å². The minimum Gasteiger partial charge on any atom is -0.479 e. The van der Waals surface area contributed by atoms with Crippen LogP contribution in [0.15, 0.2) is 30.9 Å². The smallest absolute Gasteiger partial charge is 0.241 e. The van der Waals surface area contributed by atoms with Crippen molar-refractivity contribution in [3.8, 4) is 17.0 Å². The number of ether oxygens (including phenoxy) is 1. The second-order valence-electron chi connectivity index (χ2n) is 7.05. The maximum absolute atomic E-state index is 9.02. The molecule has 4 rings (SSSR count). The van der Waals surface area contributed by atoms with Gasteiger partial charge in [-0.2, -0.15) is 10.1 Å². The first-order valence-electron chi connectivity index (χ1n) is 9.61. The van der Waals surface area contributed by atoms with Gasteiger partial charge in [-0.3, -0.25) is 0 Å². The quantitative estimate of drug-likeness (QED) is 0.486. The van der Waals surface area contributed by atoms with Crippen molar-refractivity contribution < 1.29 is 9.84 Å². The lowest BCUT2D eigenvalue weighted by molar-refractivity contribution is 0.244. The molecule has 0 spiro atoms. The van der Waals surface area contributed by atoms with Crippen LogP contribution in [0.1, 0.15) is 12.2 Å². The van der Waals surface area contributed by atoms with Gasteiger partial charge in [-0.1, -0.05) is 0 Å². The van der Waals surface area contributed by atoms with Crippen LogP contribution in [-0.4, -0.2) is 73.0 Å². The number of likely N-dealkylation sites (N-methyl/N-ethyl adjacent to an activating group) is 1. The van der Waals surface area contributed by atoms with Gasteiger partial charge in [0.1, 0.15) is 17.7 Å². The van der Waals surface area contributed by atoms with Gasteiger partial charge in [-0.25, -0.2) is 14.5 Å². The Bertz CT molecular complexity index is 1130. The molecule has 9 nitrogen and oxygen atoms in total. The predicted octanol–water partition coefficient (Wildman–Crippen LogP) is 1.77. The van der Waals surface area contributed by atoms with E-state index in [1.165, 1.54) is 6.33 Å². The number of aromatic nitrogens is 6. The number of hydrogen-bond acceptors (Lipinski definition) is 7. The van der Waals surface area contributed by atoms with Crippen LogP contribution >= 0.6 is 0 Å². The van der Waals surface area contributed by atoms with Gasteiger partial charge in [0, 0.05) is 49.8 Å². The minimum atomic E-state index is 0.212. The Labute approximate surface area is 168 Å². The van der Waals surface area contributed by atoms with Crippen molar-refractivity contribution in [2.45, 2.75) is 19.9 Å². The first kappa shape index (κ1) is 19.3. The second-order valence-corrected chi connectivity index (χ2v) is 7.05. The highest BCUT2D eigenvalue weighted by molar-refractivity contribution is 5.87. The van der Waals surface area contributed by atoms with Gasteiger partial charge >= 0.3 is 0 Å². The Kier molecular flexibility index (Phi) is 5.41. The van der Waals surface area contributed by atoms with Crippen LogP contribution in [-0.2, 0) is 6.54 Å². The van der Waals surface area contributed by atoms with E-state index in [-0.39, 0.29) is 6.61 Å². The molecule has 9 heteroatoms. The molecule has 0 fully saturated rings. The van der Waals surface area contributed by atoms with Crippen molar-refractivity contribution in [1.29, 1.82) is 0 Å². The zero-order chi connectivity index (χ0) is 20.4. The van der Waals surface area contributed by atoms with E-state index in [2.05, 4.69) is 42.6 Å². The summed E-state index contributed by atoms with van der Waals surface area (Å²) in [7, 11) is 3.67. The average molecular weight is 395 g/mol. The fourth-order valence-electron chi connectivity index (χ4n) is 3.58. The highest BCUT2D eigenvalue weighted by Crippen LogP contribution is 2.31. The van der Waals surface area contributed by atoms with Crippen LogP contribution in [0.3, 0.4) is 0 Å². The van der Waals surface area contributed by atoms with Crippen molar-refractivity contribution >= 4 is 16.7 Å². The van der Waals surface area contributed by atoms with Crippen LogP contribution in [0.4, 0.5) is 0 Å². The van der Waals surface area contributed by atoms with E-state index in [0.717, 1.165) is 59.7 Å². The summed E-state index contributed by atoms with van der Waals surface area (Å²) in [5, 5.41) is 13.3. The highest BCUT2D eigenvalue weighted by Gasteiger charge is 2.15. The van der Waals surface area contributed by atoms with Crippen LogP contribution in [0, 0.1) is 6.92 Å². The molecule has 4 aromatic heterocycles. The van der Waals surface area contributed by atoms with Crippen LogP contribution < -0.4 is 4.74 Å². The first-order valence-corrected chi connectivity index (χ1v) is 9.61. The number of aryl methyl sites for hydroxylation is 1. The molecule has 0 saturated carbocycles. The first-order chi connectivity index (χ1) is 14.1. The maximum Gasteiger partial charge on any atom is 0.241 e. The third kappa shape index (κ3) is 3.66. The second kappa shape index (κ2) is 8.14. The third-order valence-electron chi connectivity index (χ3n) is 5.12. The average Bonchev–Trinajstić information content (AvgIpc) is 3.30. The number of pyridine rings is 1. The molecular formula is C20H25N7O2. The van der Waals surface area contributed by atoms with Crippen LogP contribution in [0.25, 0.3) is 27.8 Å². The third-order valence-corrected chi connectivity index (χ3v) is 5.12. The molecular weight excluding hydrogens is 370 g/mol. The molecule has 1 N–H and O–H groups in total. The van der Waals surface area contributed by atoms with Gasteiger partial charge in [0.2, 0.25) is 5.88 Å². The van der Waals surface area contributed by atoms with Crippen molar-refractivity contribution in [1.82, 2.24) is 34.0 Å². The topological polar surface area (TPSA) is 93.6 Å². The largest absolute Gasteiger partial charge is 0.479 e. The molecule has 0 saturated heterocycles. The molecule has 0 radical (unpaired) electrons. The molecule has 0 unspecified atom stereocenters. The Morgan fingerprint density at radius 1 is 1.24 bits per heavy atom. The number of imidazole rings is 1. The SMILES string of the molecule is COc1ncnn2ccc(-c3cnc4nc(C)n(CCN(C)CCCO)c4c3)c12. The predicted molar refractivity (Wildman–Crippen MR) is 110 cm³/mol. The summed E-state index contributed by atoms with van der Waals surface area (Å²) < 4.78 is 9.37. The van der Waals surface area contributed by atoms with Gasteiger partial charge < -0.3 is 19.3 Å². The molecule has 0 aliphatic carbocycles. The van der Waals surface area contributed by atoms with Crippen LogP contribution in [0.5, 0.6) is 5.88 Å². The zero-order valence-corrected chi connectivity index (χ0v) is 16.9. The van der Waals surface area contributed by atoms with Crippen molar-refractivity contribution in [3.05, 3.63) is 36.7 Å². The molecule has 4 aromatic rings. The van der Waals surface area contributed by atoms with E-state index in [1.54, 1.807) is 11.6 Å². The molecule has 4 heterocycles. The summed E-state index contributed by atoms with van der Waals surface area (Å²) in [6.07, 6.45) is 5.96. The summed E-state index contributed by atoms with van der Waals surface area (Å²) >= 11 is 0. The summed E-state index contributed by atoms with van der Waals surface area (Å²) in [5.41, 5.74) is 4.45. The van der Waals surface area contributed by atoms with Gasteiger partial charge in [0.15, 0.2) is 5.65 Å². The fourth-order valence-corrected chi connectivity index (χ4v) is 3.58. The molecule has 0 aliphatic rings. The lowest BCUT2D eigenvalue weighted by Crippen LogP contribution is -2.25. The molecule has 0 amide bonds. The van der Waals surface area contributed by atoms with Gasteiger partial charge in [-0.15, -0.1) is 0 Å². The normalized spacial score (nSPS) is 11.8. The number of aliphatic hydroxyl groups is 1. The number of nitrogens with zero attached hydrogens (tertiary/aromatic N) is 7. The Morgan fingerprint density at radius 3 is 2.90 bits per heavy atom. The van der Waals surface area contributed by atoms with Crippen LogP contribution in [0.2, 0.25) is 0 Å². The molecule has 152 valence electrons. The van der Waals surface area contributed by atoms with E-state index in [1.807, 2.05) is 25.4 Å². The lowest BCUT2D eigenvalue weighted by atomic mass is 10.1. The van der Waals surface area contributed by atoms with Crippen molar-refractivity contribution in [2.75, 3.05) is 33.9 Å². The summed E-state index contributed by atoms with van der Waals surface area (Å²) in [6, 6.07) is 4.10. The lowest BCUT2D eigenvalue weighted by Gasteiger charge is -2.17. The molecule has 0 aliphatic heterocycles. The van der Waals surface area contributed by atoms with Crippen molar-refractivity contribution in [2.24, 2.45) is 0 Å². The van der Waals surface area contributed by atoms with Gasteiger partial charge in [0.05, 0.1) is 12.6 Å². The number of rotatable bonds is 8. The molecule has 29 heavy (non-hydrogen) atoms. The van der Waals surface area contributed by atoms with E-state index >= 15 is 0 Å². The van der Waals surface area contributed by atoms with Gasteiger partial charge in [-0.05, 0) is 32.5 Å². The minimum absolute atomic E-state index is 0.212. The summed E-state index contributed by atoms with van der Waals surface area (Å²) in [4.78, 5) is 15.6. The fraction of sp³-hybridized carbons (Fsp3) is 0.400. The van der Waals surface area contributed by atoms with Crippen molar-refractivity contribution in [3.63, 3.8) is 0 Å². The number of fused-ring (bicyclic) bond motifs is 2. The Balaban J connectivity index is 1.71. The summed E-state index contributed by atoms with van der Waals surface area (Å²) in [6.45, 7) is 4.75. The van der Waals surface area contributed by atoms with Gasteiger partial charge in [0.25, 0.3) is 0 Å². The highest BCUT2D eigenvalue weighted by atomic mass is 16.5. The Hall–Kier alpha value is -3.04. The monoisotopic (exact) mass is 395 g/mol. The number of methoxy groups -OCH3 is 1.